The maximum absolute atomic E-state index is 12.5. The molecule has 0 heterocycles. The highest BCUT2D eigenvalue weighted by molar-refractivity contribution is 7.90. The van der Waals surface area contributed by atoms with Crippen LogP contribution in [0.3, 0.4) is 0 Å². The van der Waals surface area contributed by atoms with Gasteiger partial charge in [0.15, 0.2) is 11.8 Å². The molecule has 1 rings (SSSR count). The van der Waals surface area contributed by atoms with E-state index in [1.54, 1.807) is 30.5 Å². The molecule has 2 N–H and O–H groups in total. The Morgan fingerprint density at radius 1 is 1.35 bits per heavy atom. The predicted octanol–water partition coefficient (Wildman–Crippen LogP) is 1.71. The Kier molecular flexibility index (Phi) is 5.84. The van der Waals surface area contributed by atoms with Crippen molar-refractivity contribution in [2.24, 2.45) is 5.73 Å². The molecule has 17 heavy (non-hydrogen) atoms. The highest BCUT2D eigenvalue weighted by Crippen LogP contribution is 2.22. The third-order valence-corrected chi connectivity index (χ3v) is 3.29. The van der Waals surface area contributed by atoms with Gasteiger partial charge in [-0.3, -0.25) is 0 Å². The van der Waals surface area contributed by atoms with Gasteiger partial charge in [0.1, 0.15) is 19.0 Å². The summed E-state index contributed by atoms with van der Waals surface area (Å²) in [5, 5.41) is 0. The zero-order chi connectivity index (χ0) is 12.8. The van der Waals surface area contributed by atoms with Crippen molar-refractivity contribution in [3.63, 3.8) is 0 Å². The average Bonchev–Trinajstić information content (AvgIpc) is 2.35. The van der Waals surface area contributed by atoms with E-state index in [9.17, 15) is 13.3 Å². The smallest absolute Gasteiger partial charge is 0.189 e. The van der Waals surface area contributed by atoms with E-state index in [0.717, 1.165) is 0 Å². The summed E-state index contributed by atoms with van der Waals surface area (Å²) in [4.78, 5) is 0.640. The fourth-order valence-corrected chi connectivity index (χ4v) is 1.98. The van der Waals surface area contributed by atoms with Crippen molar-refractivity contribution in [1.29, 1.82) is 0 Å². The molecule has 0 radical (unpaired) electrons. The van der Waals surface area contributed by atoms with Gasteiger partial charge in [-0.1, -0.05) is 12.1 Å². The standard InChI is InChI=1S/C11H15F2NO2S/c1-17(15)9-4-2-8(3-5-9)11(16-7-13)10(14)6-12/h2-5,10-11H,6-7,14H2,1H3. The summed E-state index contributed by atoms with van der Waals surface area (Å²) in [6.07, 6.45) is 0.724. The van der Waals surface area contributed by atoms with E-state index in [4.69, 9.17) is 10.5 Å². The molecule has 3 atom stereocenters. The van der Waals surface area contributed by atoms with Gasteiger partial charge in [-0.2, -0.15) is 0 Å². The number of halogens is 2. The Morgan fingerprint density at radius 2 is 1.94 bits per heavy atom. The van der Waals surface area contributed by atoms with Crippen LogP contribution in [0.15, 0.2) is 29.2 Å². The Hall–Kier alpha value is -0.690. The van der Waals surface area contributed by atoms with Crippen LogP contribution in [0.25, 0.3) is 0 Å². The first-order valence-electron chi connectivity index (χ1n) is 5.02. The van der Waals surface area contributed by atoms with Gasteiger partial charge in [0.05, 0.1) is 6.04 Å². The molecule has 6 heteroatoms. The number of benzene rings is 1. The lowest BCUT2D eigenvalue weighted by Gasteiger charge is -2.21. The van der Waals surface area contributed by atoms with Crippen LogP contribution in [0, 0.1) is 0 Å². The molecule has 0 amide bonds. The lowest BCUT2D eigenvalue weighted by atomic mass is 10.0. The van der Waals surface area contributed by atoms with Crippen molar-refractivity contribution in [1.82, 2.24) is 0 Å². The summed E-state index contributed by atoms with van der Waals surface area (Å²) in [6.45, 7) is -1.83. The molecule has 3 unspecified atom stereocenters. The summed E-state index contributed by atoms with van der Waals surface area (Å²) in [7, 11) is 0. The Morgan fingerprint density at radius 3 is 2.35 bits per heavy atom. The molecule has 0 aromatic heterocycles. The summed E-state index contributed by atoms with van der Waals surface area (Å²) >= 11 is -1.09. The number of nitrogens with two attached hydrogens (primary N) is 1. The minimum Gasteiger partial charge on any atom is -0.612 e. The normalized spacial score (nSPS) is 16.5. The van der Waals surface area contributed by atoms with Crippen molar-refractivity contribution in [2.45, 2.75) is 17.0 Å². The molecule has 0 bridgehead atoms. The molecule has 0 aliphatic rings. The van der Waals surface area contributed by atoms with E-state index in [2.05, 4.69) is 0 Å². The predicted molar refractivity (Wildman–Crippen MR) is 62.5 cm³/mol. The van der Waals surface area contributed by atoms with E-state index in [0.29, 0.717) is 10.5 Å². The van der Waals surface area contributed by atoms with Gasteiger partial charge in [0.2, 0.25) is 0 Å². The molecule has 0 aliphatic heterocycles. The summed E-state index contributed by atoms with van der Waals surface area (Å²) < 4.78 is 40.6. The highest BCUT2D eigenvalue weighted by atomic mass is 32.2. The van der Waals surface area contributed by atoms with Crippen molar-refractivity contribution < 1.29 is 18.1 Å². The molecular formula is C11H15F2NO2S. The van der Waals surface area contributed by atoms with Gasteiger partial charge >= 0.3 is 0 Å². The van der Waals surface area contributed by atoms with E-state index < -0.39 is 36.9 Å². The lowest BCUT2D eigenvalue weighted by molar-refractivity contribution is -0.0224. The van der Waals surface area contributed by atoms with Gasteiger partial charge in [-0.15, -0.1) is 0 Å². The second-order valence-electron chi connectivity index (χ2n) is 3.54. The number of hydrogen-bond donors (Lipinski definition) is 1. The van der Waals surface area contributed by atoms with Gasteiger partial charge in [-0.25, -0.2) is 8.78 Å². The minimum atomic E-state index is -1.09. The Bertz CT molecular complexity index is 335. The van der Waals surface area contributed by atoms with E-state index >= 15 is 0 Å². The van der Waals surface area contributed by atoms with E-state index in [1.807, 2.05) is 0 Å². The molecular weight excluding hydrogens is 248 g/mol. The van der Waals surface area contributed by atoms with Crippen LogP contribution in [0.1, 0.15) is 11.7 Å². The molecule has 1 aromatic rings. The highest BCUT2D eigenvalue weighted by Gasteiger charge is 2.21. The molecule has 0 spiro atoms. The third kappa shape index (κ3) is 3.92. The summed E-state index contributed by atoms with van der Waals surface area (Å²) in [6, 6.07) is 5.58. The fourth-order valence-electron chi connectivity index (χ4n) is 1.46. The maximum atomic E-state index is 12.5. The number of alkyl halides is 2. The van der Waals surface area contributed by atoms with Crippen LogP contribution in [-0.4, -0.2) is 30.4 Å². The largest absolute Gasteiger partial charge is 0.612 e. The monoisotopic (exact) mass is 263 g/mol. The summed E-state index contributed by atoms with van der Waals surface area (Å²) in [5.41, 5.74) is 6.08. The number of hydrogen-bond acceptors (Lipinski definition) is 3. The van der Waals surface area contributed by atoms with Gasteiger partial charge in [0, 0.05) is 0 Å². The van der Waals surface area contributed by atoms with Gasteiger partial charge < -0.3 is 15.0 Å². The second-order valence-corrected chi connectivity index (χ2v) is 4.92. The second kappa shape index (κ2) is 6.90. The SMILES string of the molecule is C[S+]([O-])c1ccc(C(OCF)C(N)CF)cc1. The Labute approximate surface area is 102 Å². The zero-order valence-corrected chi connectivity index (χ0v) is 10.3. The van der Waals surface area contributed by atoms with Crippen LogP contribution < -0.4 is 5.73 Å². The van der Waals surface area contributed by atoms with Crippen LogP contribution >= 0.6 is 0 Å². The first-order chi connectivity index (χ1) is 8.10. The zero-order valence-electron chi connectivity index (χ0n) is 9.44. The third-order valence-electron chi connectivity index (χ3n) is 2.35. The maximum Gasteiger partial charge on any atom is 0.189 e. The molecule has 1 aromatic carbocycles. The van der Waals surface area contributed by atoms with Crippen molar-refractivity contribution in [3.8, 4) is 0 Å². The lowest BCUT2D eigenvalue weighted by Crippen LogP contribution is -2.32. The Balaban J connectivity index is 2.87. The molecule has 0 fully saturated rings. The van der Waals surface area contributed by atoms with Crippen molar-refractivity contribution >= 4 is 11.2 Å². The topological polar surface area (TPSA) is 58.3 Å². The van der Waals surface area contributed by atoms with E-state index in [1.165, 1.54) is 0 Å². The number of rotatable bonds is 6. The van der Waals surface area contributed by atoms with Crippen molar-refractivity contribution in [3.05, 3.63) is 29.8 Å². The van der Waals surface area contributed by atoms with Gasteiger partial charge in [0.25, 0.3) is 0 Å². The molecule has 0 saturated heterocycles. The van der Waals surface area contributed by atoms with Crippen LogP contribution in [0.5, 0.6) is 0 Å². The number of ether oxygens (including phenoxy) is 1. The first kappa shape index (κ1) is 14.4. The molecule has 0 saturated carbocycles. The van der Waals surface area contributed by atoms with Crippen LogP contribution in [-0.2, 0) is 15.9 Å². The molecule has 96 valence electrons. The quantitative estimate of drug-likeness (QED) is 0.795. The molecule has 3 nitrogen and oxygen atoms in total. The fraction of sp³-hybridized carbons (Fsp3) is 0.455. The van der Waals surface area contributed by atoms with Crippen molar-refractivity contribution in [2.75, 3.05) is 19.8 Å². The minimum absolute atomic E-state index is 0.571. The average molecular weight is 263 g/mol. The van der Waals surface area contributed by atoms with E-state index in [-0.39, 0.29) is 0 Å². The molecule has 0 aliphatic carbocycles. The van der Waals surface area contributed by atoms with Crippen LogP contribution in [0.4, 0.5) is 8.78 Å². The summed E-state index contributed by atoms with van der Waals surface area (Å²) in [5.74, 6) is 0. The first-order valence-corrected chi connectivity index (χ1v) is 6.58. The van der Waals surface area contributed by atoms with Crippen LogP contribution in [0.2, 0.25) is 0 Å². The van der Waals surface area contributed by atoms with Gasteiger partial charge in [-0.05, 0) is 28.9 Å².